The van der Waals surface area contributed by atoms with Crippen LogP contribution in [0.3, 0.4) is 0 Å². The number of rotatable bonds is 3. The van der Waals surface area contributed by atoms with Crippen molar-refractivity contribution in [3.63, 3.8) is 0 Å². The van der Waals surface area contributed by atoms with Crippen LogP contribution in [-0.4, -0.2) is 17.3 Å². The first kappa shape index (κ1) is 28.4. The summed E-state index contributed by atoms with van der Waals surface area (Å²) in [6, 6.07) is 0. The smallest absolute Gasteiger partial charge is 0.151 e. The molecule has 7 heteroatoms. The van der Waals surface area contributed by atoms with Crippen molar-refractivity contribution < 1.29 is 48.3 Å². The van der Waals surface area contributed by atoms with Gasteiger partial charge in [0, 0.05) is 18.6 Å². The molecule has 0 spiro atoms. The summed E-state index contributed by atoms with van der Waals surface area (Å²) in [6.45, 7) is 8.09. The molecule has 0 unspecified atom stereocenters. The van der Waals surface area contributed by atoms with Crippen LogP contribution in [0.15, 0.2) is 35.5 Å². The molecule has 0 aliphatic heterocycles. The maximum absolute atomic E-state index is 9.98. The predicted octanol–water partition coefficient (Wildman–Crippen LogP) is -0.484. The second-order valence-electron chi connectivity index (χ2n) is 4.10. The largest absolute Gasteiger partial charge is 0.876 e. The van der Waals surface area contributed by atoms with Gasteiger partial charge in [-0.05, 0) is 39.0 Å². The molecule has 0 saturated heterocycles. The first-order valence-corrected chi connectivity index (χ1v) is 5.96. The van der Waals surface area contributed by atoms with Gasteiger partial charge in [0.2, 0.25) is 0 Å². The Labute approximate surface area is 143 Å². The zero-order valence-corrected chi connectivity index (χ0v) is 15.0. The molecule has 0 aromatic rings. The van der Waals surface area contributed by atoms with Gasteiger partial charge in [0.15, 0.2) is 17.3 Å². The van der Waals surface area contributed by atoms with Gasteiger partial charge in [0.1, 0.15) is 0 Å². The molecule has 0 N–H and O–H groups in total. The molecule has 1 radical (unpaired) electrons. The molecule has 0 aromatic carbocycles. The summed E-state index contributed by atoms with van der Waals surface area (Å²) in [4.78, 5) is 29.9. The van der Waals surface area contributed by atoms with Gasteiger partial charge in [-0.1, -0.05) is 20.8 Å². The average molecular weight is 348 g/mol. The zero-order chi connectivity index (χ0) is 17.6. The Kier molecular flexibility index (Phi) is 22.3. The van der Waals surface area contributed by atoms with Gasteiger partial charge >= 0.3 is 0 Å². The van der Waals surface area contributed by atoms with Gasteiger partial charge in [-0.2, -0.15) is 0 Å². The molecule has 0 aliphatic carbocycles. The zero-order valence-electron chi connectivity index (χ0n) is 13.6. The van der Waals surface area contributed by atoms with Crippen LogP contribution in [0, 0.1) is 0 Å². The molecule has 22 heavy (non-hydrogen) atoms. The number of carbonyl (C=O) groups excluding carboxylic acids is 3. The Hall–Kier alpha value is -1.79. The monoisotopic (exact) mass is 348 g/mol. The Balaban J connectivity index is -0.000000108. The van der Waals surface area contributed by atoms with E-state index in [-0.39, 0.29) is 53.2 Å². The third-order valence-corrected chi connectivity index (χ3v) is 1.22. The molecule has 0 heterocycles. The van der Waals surface area contributed by atoms with Crippen LogP contribution < -0.4 is 15.3 Å². The molecule has 0 atom stereocenters. The van der Waals surface area contributed by atoms with Crippen molar-refractivity contribution >= 4 is 17.3 Å². The van der Waals surface area contributed by atoms with E-state index in [1.165, 1.54) is 41.5 Å². The van der Waals surface area contributed by atoms with Crippen LogP contribution in [-0.2, 0) is 32.9 Å². The normalized spacial score (nSPS) is 10.9. The van der Waals surface area contributed by atoms with E-state index in [2.05, 4.69) is 0 Å². The molecule has 125 valence electrons. The maximum Gasteiger partial charge on any atom is 0.151 e. The van der Waals surface area contributed by atoms with Crippen LogP contribution >= 0.6 is 0 Å². The summed E-state index contributed by atoms with van der Waals surface area (Å²) in [5, 5.41) is 29.9. The maximum atomic E-state index is 9.98. The standard InChI is InChI=1S/3C5H8O2.V/c3*1-4(6)3-5(2)7;/h3*3,6H,1-2H3;/p-3. The second-order valence-corrected chi connectivity index (χ2v) is 4.10. The topological polar surface area (TPSA) is 120 Å². The van der Waals surface area contributed by atoms with Gasteiger partial charge in [-0.3, -0.25) is 14.4 Å². The second kappa shape index (κ2) is 17.3. The van der Waals surface area contributed by atoms with E-state index in [1.807, 2.05) is 0 Å². The molecule has 0 fully saturated rings. The van der Waals surface area contributed by atoms with E-state index >= 15 is 0 Å². The van der Waals surface area contributed by atoms with Crippen LogP contribution in [0.2, 0.25) is 0 Å². The molecule has 0 aromatic heterocycles. The van der Waals surface area contributed by atoms with Crippen LogP contribution in [0.5, 0.6) is 0 Å². The molecule has 6 nitrogen and oxygen atoms in total. The summed E-state index contributed by atoms with van der Waals surface area (Å²) in [7, 11) is 0. The van der Waals surface area contributed by atoms with Crippen molar-refractivity contribution in [1.82, 2.24) is 0 Å². The Bertz CT molecular complexity index is 368. The minimum Gasteiger partial charge on any atom is -0.876 e. The quantitative estimate of drug-likeness (QED) is 0.501. The van der Waals surface area contributed by atoms with E-state index in [1.54, 1.807) is 0 Å². The third kappa shape index (κ3) is 51.7. The molecular weight excluding hydrogens is 327 g/mol. The minimum absolute atomic E-state index is 0. The SMILES string of the molecule is CC(=O)C=C(C)[O-].CC(=O)C=C(C)[O-].CC(=O)C=C(C)[O-].[V]. The van der Waals surface area contributed by atoms with Crippen molar-refractivity contribution in [2.24, 2.45) is 0 Å². The summed E-state index contributed by atoms with van der Waals surface area (Å²) in [6.07, 6.45) is 3.17. The van der Waals surface area contributed by atoms with Crippen LogP contribution in [0.25, 0.3) is 0 Å². The van der Waals surface area contributed by atoms with Crippen molar-refractivity contribution in [3.8, 4) is 0 Å². The van der Waals surface area contributed by atoms with E-state index in [0.29, 0.717) is 0 Å². The Morgan fingerprint density at radius 2 is 0.682 bits per heavy atom. The fraction of sp³-hybridized carbons (Fsp3) is 0.400. The fourth-order valence-electron chi connectivity index (χ4n) is 0.859. The molecule has 0 bridgehead atoms. The van der Waals surface area contributed by atoms with Gasteiger partial charge in [0.25, 0.3) is 0 Å². The first-order chi connectivity index (χ1) is 9.38. The van der Waals surface area contributed by atoms with Crippen LogP contribution in [0.1, 0.15) is 41.5 Å². The van der Waals surface area contributed by atoms with Gasteiger partial charge in [-0.25, -0.2) is 0 Å². The van der Waals surface area contributed by atoms with Crippen molar-refractivity contribution in [2.45, 2.75) is 41.5 Å². The van der Waals surface area contributed by atoms with Crippen molar-refractivity contribution in [2.75, 3.05) is 0 Å². The summed E-state index contributed by atoms with van der Waals surface area (Å²) < 4.78 is 0. The molecule has 0 aliphatic rings. The fourth-order valence-corrected chi connectivity index (χ4v) is 0.859. The van der Waals surface area contributed by atoms with Crippen molar-refractivity contribution in [3.05, 3.63) is 35.5 Å². The number of ketones is 3. The van der Waals surface area contributed by atoms with Crippen LogP contribution in [0.4, 0.5) is 0 Å². The number of allylic oxidation sites excluding steroid dienone is 6. The van der Waals surface area contributed by atoms with Gasteiger partial charge < -0.3 is 15.3 Å². The van der Waals surface area contributed by atoms with E-state index in [4.69, 9.17) is 0 Å². The third-order valence-electron chi connectivity index (χ3n) is 1.22. The number of hydrogen-bond acceptors (Lipinski definition) is 6. The summed E-state index contributed by atoms with van der Waals surface area (Å²) in [5.74, 6) is -1.12. The van der Waals surface area contributed by atoms with Crippen molar-refractivity contribution in [1.29, 1.82) is 0 Å². The summed E-state index contributed by atoms with van der Waals surface area (Å²) >= 11 is 0. The van der Waals surface area contributed by atoms with Gasteiger partial charge in [0.05, 0.1) is 0 Å². The minimum atomic E-state index is -0.187. The van der Waals surface area contributed by atoms with Gasteiger partial charge in [-0.15, -0.1) is 17.3 Å². The number of hydrogen-bond donors (Lipinski definition) is 0. The summed E-state index contributed by atoms with van der Waals surface area (Å²) in [5.41, 5.74) is 0. The Morgan fingerprint density at radius 3 is 0.682 bits per heavy atom. The number of carbonyl (C=O) groups is 3. The first-order valence-electron chi connectivity index (χ1n) is 5.96. The molecule has 0 amide bonds. The van der Waals surface area contributed by atoms with E-state index in [9.17, 15) is 29.7 Å². The van der Waals surface area contributed by atoms with E-state index < -0.39 is 0 Å². The Morgan fingerprint density at radius 1 is 0.545 bits per heavy atom. The molecule has 0 saturated carbocycles. The molecule has 0 rings (SSSR count). The average Bonchev–Trinajstić information content (AvgIpc) is 2.10. The predicted molar refractivity (Wildman–Crippen MR) is 73.3 cm³/mol. The molecular formula is C15H21O6V-3. The van der Waals surface area contributed by atoms with E-state index in [0.717, 1.165) is 18.2 Å².